The lowest BCUT2D eigenvalue weighted by Crippen LogP contribution is -2.57. The molecule has 10 aromatic rings. The van der Waals surface area contributed by atoms with Crippen LogP contribution in [0.25, 0.3) is 53.5 Å². The minimum atomic E-state index is -1.20. The van der Waals surface area contributed by atoms with Gasteiger partial charge in [-0.05, 0) is 70.4 Å². The summed E-state index contributed by atoms with van der Waals surface area (Å²) in [6.07, 6.45) is 8.55. The molecule has 2 aliphatic rings. The lowest BCUT2D eigenvalue weighted by Gasteiger charge is -2.47. The van der Waals surface area contributed by atoms with Crippen LogP contribution in [0.4, 0.5) is 23.1 Å². The van der Waals surface area contributed by atoms with Crippen molar-refractivity contribution >= 4 is 55.8 Å². The van der Waals surface area contributed by atoms with Gasteiger partial charge in [0.05, 0.1) is 35.6 Å². The number of benzene rings is 4. The number of H-pyrrole nitrogens is 1. The van der Waals surface area contributed by atoms with Gasteiger partial charge in [0.1, 0.15) is 18.2 Å². The maximum Gasteiger partial charge on any atom is 0.304 e. The monoisotopic (exact) mass is 793 g/mol. The van der Waals surface area contributed by atoms with Gasteiger partial charge < -0.3 is 23.6 Å². The van der Waals surface area contributed by atoms with Gasteiger partial charge in [-0.2, -0.15) is 5.10 Å². The molecule has 2 atom stereocenters. The number of thiophene rings is 2. The highest BCUT2D eigenvalue weighted by molar-refractivity contribution is 7.22. The molecule has 2 N–H and O–H groups in total. The number of para-hydroxylation sites is 1. The first kappa shape index (κ1) is 33.2. The average molecular weight is 794 g/mol. The Kier molecular flexibility index (Phi) is 7.45. The predicted octanol–water partition coefficient (Wildman–Crippen LogP) is 11.9. The number of fused-ring (bicyclic) bond motifs is 3. The summed E-state index contributed by atoms with van der Waals surface area (Å²) in [6.45, 7) is 0.653. The lowest BCUT2D eigenvalue weighted by molar-refractivity contribution is 0.266. The molecule has 0 saturated heterocycles. The molecule has 4 aromatic carbocycles. The number of nitrogens with one attached hydrogen (secondary N) is 2. The Morgan fingerprint density at radius 1 is 0.707 bits per heavy atom. The molecule has 0 radical (unpaired) electrons. The van der Waals surface area contributed by atoms with Crippen molar-refractivity contribution in [3.05, 3.63) is 175 Å². The molecule has 280 valence electrons. The normalized spacial score (nSPS) is 17.3. The van der Waals surface area contributed by atoms with E-state index in [-0.39, 0.29) is 6.04 Å². The molecular weight excluding hydrogens is 763 g/mol. The summed E-state index contributed by atoms with van der Waals surface area (Å²) in [5.41, 5.74) is 8.97. The Morgan fingerprint density at radius 2 is 1.59 bits per heavy atom. The van der Waals surface area contributed by atoms with Gasteiger partial charge in [0.25, 0.3) is 0 Å². The van der Waals surface area contributed by atoms with Crippen molar-refractivity contribution in [2.75, 3.05) is 9.80 Å². The molecule has 0 saturated carbocycles. The van der Waals surface area contributed by atoms with Gasteiger partial charge in [-0.3, -0.25) is 10.00 Å². The molecule has 0 aliphatic carbocycles. The van der Waals surface area contributed by atoms with Gasteiger partial charge in [0.15, 0.2) is 5.76 Å². The van der Waals surface area contributed by atoms with Gasteiger partial charge in [-0.15, -0.1) is 22.7 Å². The SMILES string of the molecule is c1ccc(N2c3c(-c4cc5ccccc5s4)c(-c4cccs4)c(-c4cc[nH]n4)c(-c4ccon4)c3N(c3ncco3)C2(c2ccco2)C2NCc3ccccc32)cc1. The molecule has 6 aromatic heterocycles. The number of hydrogen-bond acceptors (Lipinski definition) is 11. The van der Waals surface area contributed by atoms with Crippen molar-refractivity contribution in [1.29, 1.82) is 0 Å². The number of hydrogen-bond donors (Lipinski definition) is 2. The van der Waals surface area contributed by atoms with Crippen molar-refractivity contribution in [1.82, 2.24) is 25.7 Å². The molecule has 12 heteroatoms. The van der Waals surface area contributed by atoms with Crippen LogP contribution in [0.15, 0.2) is 171 Å². The number of oxazole rings is 1. The number of nitrogens with zero attached hydrogens (tertiary/aromatic N) is 5. The third-order valence-electron chi connectivity index (χ3n) is 11.2. The van der Waals surface area contributed by atoms with Gasteiger partial charge in [0.2, 0.25) is 5.66 Å². The molecule has 8 heterocycles. The highest BCUT2D eigenvalue weighted by Gasteiger charge is 2.64. The van der Waals surface area contributed by atoms with Crippen LogP contribution in [0.3, 0.4) is 0 Å². The fraction of sp³-hybridized carbons (Fsp3) is 0.0652. The van der Waals surface area contributed by atoms with Crippen molar-refractivity contribution in [3.63, 3.8) is 0 Å². The second-order valence-electron chi connectivity index (χ2n) is 14.2. The molecule has 12 rings (SSSR count). The van der Waals surface area contributed by atoms with Crippen LogP contribution in [0.1, 0.15) is 22.9 Å². The number of anilines is 4. The van der Waals surface area contributed by atoms with E-state index in [2.05, 4.69) is 129 Å². The standard InChI is InChI=1S/C46H31N7O3S2/c1-2-12-30(13-3-1)52-43-41(36-26-28-10-5-7-15-34(28)58-36)40(35-16-9-25-57-35)38(32-18-20-49-50-32)39(33-19-23-56-51-33)42(43)53(45-47-21-24-55-45)46(52,37-17-8-22-54-37)44-31-14-6-4-11-29(31)27-48-44/h1-26,44,48H,27H2,(H,49,50). The zero-order chi connectivity index (χ0) is 38.2. The lowest BCUT2D eigenvalue weighted by atomic mass is 9.87. The van der Waals surface area contributed by atoms with E-state index in [0.717, 1.165) is 65.7 Å². The number of furan rings is 1. The maximum atomic E-state index is 6.75. The van der Waals surface area contributed by atoms with Crippen LogP contribution in [0.2, 0.25) is 0 Å². The Bertz CT molecular complexity index is 3000. The quantitative estimate of drug-likeness (QED) is 0.155. The zero-order valence-electron chi connectivity index (χ0n) is 30.6. The molecule has 0 bridgehead atoms. The minimum absolute atomic E-state index is 0.381. The summed E-state index contributed by atoms with van der Waals surface area (Å²) >= 11 is 3.46. The summed E-state index contributed by atoms with van der Waals surface area (Å²) in [6, 6.07) is 42.3. The molecule has 2 unspecified atom stereocenters. The molecular formula is C46H31N7O3S2. The largest absolute Gasteiger partial charge is 0.465 e. The first-order chi connectivity index (χ1) is 28.8. The number of aromatic nitrogens is 4. The minimum Gasteiger partial charge on any atom is -0.465 e. The van der Waals surface area contributed by atoms with Crippen molar-refractivity contribution in [2.45, 2.75) is 18.2 Å². The molecule has 0 amide bonds. The Hall–Kier alpha value is -6.99. The summed E-state index contributed by atoms with van der Waals surface area (Å²) in [5, 5.41) is 20.0. The van der Waals surface area contributed by atoms with E-state index in [9.17, 15) is 0 Å². The van der Waals surface area contributed by atoms with Crippen molar-refractivity contribution < 1.29 is 13.4 Å². The highest BCUT2D eigenvalue weighted by atomic mass is 32.1. The van der Waals surface area contributed by atoms with E-state index in [4.69, 9.17) is 28.6 Å². The topological polar surface area (TPSA) is 112 Å². The third-order valence-corrected chi connectivity index (χ3v) is 13.3. The zero-order valence-corrected chi connectivity index (χ0v) is 32.2. The van der Waals surface area contributed by atoms with E-state index in [1.165, 1.54) is 10.3 Å². The highest BCUT2D eigenvalue weighted by Crippen LogP contribution is 2.69. The van der Waals surface area contributed by atoms with E-state index < -0.39 is 5.66 Å². The fourth-order valence-corrected chi connectivity index (χ4v) is 11.0. The molecule has 2 aliphatic heterocycles. The van der Waals surface area contributed by atoms with Crippen LogP contribution in [-0.4, -0.2) is 20.3 Å². The van der Waals surface area contributed by atoms with E-state index in [0.29, 0.717) is 24.0 Å². The van der Waals surface area contributed by atoms with Gasteiger partial charge in [0, 0.05) is 61.2 Å². The summed E-state index contributed by atoms with van der Waals surface area (Å²) in [4.78, 5) is 11.8. The van der Waals surface area contributed by atoms with E-state index in [1.54, 1.807) is 47.7 Å². The van der Waals surface area contributed by atoms with Crippen LogP contribution < -0.4 is 15.1 Å². The van der Waals surface area contributed by atoms with Crippen molar-refractivity contribution in [3.8, 4) is 43.4 Å². The van der Waals surface area contributed by atoms with Crippen LogP contribution in [0.5, 0.6) is 0 Å². The first-order valence-corrected chi connectivity index (χ1v) is 20.6. The Morgan fingerprint density at radius 3 is 2.36 bits per heavy atom. The molecule has 10 nitrogen and oxygen atoms in total. The fourth-order valence-electron chi connectivity index (χ4n) is 9.10. The predicted molar refractivity (Wildman–Crippen MR) is 227 cm³/mol. The number of rotatable bonds is 8. The van der Waals surface area contributed by atoms with Crippen molar-refractivity contribution in [2.24, 2.45) is 0 Å². The average Bonchev–Trinajstić information content (AvgIpc) is 4.12. The molecule has 58 heavy (non-hydrogen) atoms. The Labute approximate surface area is 339 Å². The summed E-state index contributed by atoms with van der Waals surface area (Å²) in [5.74, 6) is 0.687. The second kappa shape index (κ2) is 13.0. The smallest absolute Gasteiger partial charge is 0.304 e. The van der Waals surface area contributed by atoms with Gasteiger partial charge >= 0.3 is 6.01 Å². The summed E-state index contributed by atoms with van der Waals surface area (Å²) < 4.78 is 20.2. The molecule has 0 spiro atoms. The summed E-state index contributed by atoms with van der Waals surface area (Å²) in [7, 11) is 0. The third kappa shape index (κ3) is 4.70. The first-order valence-electron chi connectivity index (χ1n) is 18.9. The van der Waals surface area contributed by atoms with Crippen LogP contribution in [0, 0.1) is 0 Å². The molecule has 0 fully saturated rings. The second-order valence-corrected chi connectivity index (χ2v) is 16.2. The maximum absolute atomic E-state index is 6.75. The van der Waals surface area contributed by atoms with Gasteiger partial charge in [-0.1, -0.05) is 71.9 Å². The van der Waals surface area contributed by atoms with Crippen LogP contribution >= 0.6 is 22.7 Å². The van der Waals surface area contributed by atoms with E-state index >= 15 is 0 Å². The Balaban J connectivity index is 1.36. The van der Waals surface area contributed by atoms with Crippen LogP contribution in [-0.2, 0) is 12.2 Å². The van der Waals surface area contributed by atoms with E-state index in [1.807, 2.05) is 24.4 Å². The number of aromatic amines is 1. The van der Waals surface area contributed by atoms with Gasteiger partial charge in [-0.25, -0.2) is 4.98 Å².